The van der Waals surface area contributed by atoms with Gasteiger partial charge in [0.15, 0.2) is 0 Å². The highest BCUT2D eigenvalue weighted by atomic mass is 16.2. The van der Waals surface area contributed by atoms with E-state index in [1.54, 1.807) is 0 Å². The largest absolute Gasteiger partial charge is 0.382 e. The molecule has 158 valence electrons. The van der Waals surface area contributed by atoms with Gasteiger partial charge in [-0.3, -0.25) is 14.8 Å². The summed E-state index contributed by atoms with van der Waals surface area (Å²) in [5.41, 5.74) is 3.36. The van der Waals surface area contributed by atoms with Crippen molar-refractivity contribution in [3.8, 4) is 0 Å². The average Bonchev–Trinajstić information content (AvgIpc) is 3.05. The summed E-state index contributed by atoms with van der Waals surface area (Å²) in [6, 6.07) is 15.7. The number of carbonyl (C=O) groups excluding carboxylic acids is 1. The summed E-state index contributed by atoms with van der Waals surface area (Å²) in [4.78, 5) is 26.5. The van der Waals surface area contributed by atoms with Crippen molar-refractivity contribution >= 4 is 28.2 Å². The van der Waals surface area contributed by atoms with Gasteiger partial charge in [-0.15, -0.1) is 0 Å². The summed E-state index contributed by atoms with van der Waals surface area (Å²) >= 11 is 0. The molecule has 1 saturated carbocycles. The van der Waals surface area contributed by atoms with Crippen LogP contribution in [-0.2, 0) is 4.79 Å². The number of fused-ring (bicyclic) bond motifs is 3. The molecule has 1 aliphatic carbocycles. The highest BCUT2D eigenvalue weighted by molar-refractivity contribution is 5.91. The molecule has 2 aliphatic heterocycles. The number of anilines is 2. The van der Waals surface area contributed by atoms with E-state index >= 15 is 0 Å². The number of aromatic nitrogens is 2. The molecule has 2 aromatic heterocycles. The molecule has 6 heteroatoms. The lowest BCUT2D eigenvalue weighted by molar-refractivity contribution is -0.139. The highest BCUT2D eigenvalue weighted by Crippen LogP contribution is 2.38. The van der Waals surface area contributed by atoms with Crippen LogP contribution in [0.2, 0.25) is 0 Å². The Morgan fingerprint density at radius 3 is 2.48 bits per heavy atom. The van der Waals surface area contributed by atoms with Gasteiger partial charge in [0.2, 0.25) is 5.91 Å². The molecule has 0 radical (unpaired) electrons. The van der Waals surface area contributed by atoms with Crippen LogP contribution in [0.3, 0.4) is 0 Å². The Bertz CT molecular complexity index is 1080. The van der Waals surface area contributed by atoms with E-state index in [4.69, 9.17) is 0 Å². The van der Waals surface area contributed by atoms with E-state index in [2.05, 4.69) is 49.4 Å². The quantitative estimate of drug-likeness (QED) is 0.707. The second kappa shape index (κ2) is 7.52. The van der Waals surface area contributed by atoms with Crippen LogP contribution in [0.5, 0.6) is 0 Å². The van der Waals surface area contributed by atoms with Gasteiger partial charge in [0.05, 0.1) is 5.52 Å². The smallest absolute Gasteiger partial charge is 0.225 e. The molecule has 1 N–H and O–H groups in total. The van der Waals surface area contributed by atoms with E-state index in [0.29, 0.717) is 24.0 Å². The van der Waals surface area contributed by atoms with Gasteiger partial charge in [-0.05, 0) is 62.1 Å². The molecule has 2 atom stereocenters. The lowest BCUT2D eigenvalue weighted by Crippen LogP contribution is -2.58. The molecule has 4 heterocycles. The minimum Gasteiger partial charge on any atom is -0.382 e. The molecule has 6 nitrogen and oxygen atoms in total. The Labute approximate surface area is 182 Å². The first kappa shape index (κ1) is 18.6. The van der Waals surface area contributed by atoms with Crippen molar-refractivity contribution < 1.29 is 4.79 Å². The van der Waals surface area contributed by atoms with Crippen molar-refractivity contribution in [2.24, 2.45) is 5.92 Å². The van der Waals surface area contributed by atoms with Gasteiger partial charge in [-0.1, -0.05) is 6.07 Å². The maximum atomic E-state index is 13.2. The Morgan fingerprint density at radius 1 is 0.935 bits per heavy atom. The number of amides is 1. The first-order chi connectivity index (χ1) is 15.3. The summed E-state index contributed by atoms with van der Waals surface area (Å²) in [6.07, 6.45) is 9.71. The molecule has 31 heavy (non-hydrogen) atoms. The van der Waals surface area contributed by atoms with Crippen molar-refractivity contribution in [2.75, 3.05) is 23.3 Å². The number of nitrogens with one attached hydrogen (secondary N) is 1. The molecule has 3 aromatic rings. The topological polar surface area (TPSA) is 61.4 Å². The third-order valence-electron chi connectivity index (χ3n) is 7.25. The number of hydrogen-bond acceptors (Lipinski definition) is 5. The Balaban J connectivity index is 1.08. The first-order valence-electron chi connectivity index (χ1n) is 11.3. The number of piperazine rings is 1. The Kier molecular flexibility index (Phi) is 4.51. The summed E-state index contributed by atoms with van der Waals surface area (Å²) < 4.78 is 0. The summed E-state index contributed by atoms with van der Waals surface area (Å²) in [6.45, 7) is 1.70. The number of benzene rings is 1. The molecule has 2 unspecified atom stereocenters. The normalized spacial score (nSPS) is 27.2. The van der Waals surface area contributed by atoms with Crippen LogP contribution in [0.4, 0.5) is 11.4 Å². The fourth-order valence-corrected chi connectivity index (χ4v) is 5.67. The van der Waals surface area contributed by atoms with Crippen LogP contribution in [-0.4, -0.2) is 52.0 Å². The number of carbonyl (C=O) groups is 1. The number of pyridine rings is 2. The fraction of sp³-hybridized carbons (Fsp3) is 0.400. The summed E-state index contributed by atoms with van der Waals surface area (Å²) in [7, 11) is 0. The van der Waals surface area contributed by atoms with Crippen LogP contribution in [0.25, 0.3) is 10.9 Å². The van der Waals surface area contributed by atoms with E-state index in [0.717, 1.165) is 42.5 Å². The molecule has 0 spiro atoms. The van der Waals surface area contributed by atoms with Gasteiger partial charge in [0.25, 0.3) is 0 Å². The molecule has 3 aliphatic rings. The second-order valence-electron chi connectivity index (χ2n) is 9.13. The monoisotopic (exact) mass is 413 g/mol. The van der Waals surface area contributed by atoms with E-state index in [9.17, 15) is 4.79 Å². The Morgan fingerprint density at radius 2 is 1.71 bits per heavy atom. The lowest BCUT2D eigenvalue weighted by Gasteiger charge is -2.45. The van der Waals surface area contributed by atoms with Crippen molar-refractivity contribution in [2.45, 2.75) is 43.8 Å². The molecule has 2 saturated heterocycles. The van der Waals surface area contributed by atoms with Gasteiger partial charge < -0.3 is 15.1 Å². The molecule has 1 aromatic carbocycles. The number of rotatable bonds is 4. The molecule has 3 fully saturated rings. The predicted molar refractivity (Wildman–Crippen MR) is 122 cm³/mol. The number of likely N-dealkylation sites (tertiary alicyclic amines) is 1. The van der Waals surface area contributed by atoms with Gasteiger partial charge in [0.1, 0.15) is 0 Å². The van der Waals surface area contributed by atoms with Crippen LogP contribution in [0, 0.1) is 5.92 Å². The van der Waals surface area contributed by atoms with Crippen LogP contribution < -0.4 is 10.2 Å². The van der Waals surface area contributed by atoms with Crippen molar-refractivity contribution in [3.05, 3.63) is 61.1 Å². The zero-order chi connectivity index (χ0) is 20.8. The number of nitrogens with zero attached hydrogens (tertiary/aromatic N) is 4. The highest BCUT2D eigenvalue weighted by Gasteiger charge is 2.44. The third-order valence-corrected chi connectivity index (χ3v) is 7.25. The van der Waals surface area contributed by atoms with Crippen LogP contribution in [0.15, 0.2) is 61.1 Å². The van der Waals surface area contributed by atoms with Crippen molar-refractivity contribution in [1.82, 2.24) is 14.9 Å². The van der Waals surface area contributed by atoms with Gasteiger partial charge in [0, 0.05) is 72.5 Å². The van der Waals surface area contributed by atoms with E-state index in [-0.39, 0.29) is 5.92 Å². The maximum absolute atomic E-state index is 13.2. The van der Waals surface area contributed by atoms with Gasteiger partial charge in [-0.2, -0.15) is 0 Å². The molecule has 1 amide bonds. The van der Waals surface area contributed by atoms with Crippen molar-refractivity contribution in [1.29, 1.82) is 0 Å². The van der Waals surface area contributed by atoms with E-state index < -0.39 is 0 Å². The standard InChI is InChI=1S/C25H27N5O/c31-25(29-15-20-6-7-21(16-29)30(20)19-8-11-26-12-9-19)17-13-18(14-17)28-24-5-1-4-23-22(24)3-2-10-27-23/h1-5,8-12,17-18,20-21,28H,6-7,13-16H2. The van der Waals surface area contributed by atoms with E-state index in [1.165, 1.54) is 18.5 Å². The molecule has 6 rings (SSSR count). The third kappa shape index (κ3) is 3.30. The van der Waals surface area contributed by atoms with E-state index in [1.807, 2.05) is 36.8 Å². The lowest BCUT2D eigenvalue weighted by atomic mass is 9.79. The summed E-state index contributed by atoms with van der Waals surface area (Å²) in [5.74, 6) is 0.501. The average molecular weight is 414 g/mol. The molecular formula is C25H27N5O. The van der Waals surface area contributed by atoms with Crippen LogP contribution in [0.1, 0.15) is 25.7 Å². The minimum atomic E-state index is 0.150. The van der Waals surface area contributed by atoms with Gasteiger partial charge >= 0.3 is 0 Å². The SMILES string of the molecule is O=C(C1CC(Nc2cccc3ncccc23)C1)N1CC2CCC(C1)N2c1ccncc1. The van der Waals surface area contributed by atoms with Crippen LogP contribution >= 0.6 is 0 Å². The second-order valence-corrected chi connectivity index (χ2v) is 9.13. The predicted octanol–water partition coefficient (Wildman–Crippen LogP) is 3.70. The fourth-order valence-electron chi connectivity index (χ4n) is 5.67. The summed E-state index contributed by atoms with van der Waals surface area (Å²) in [5, 5.41) is 4.78. The Hall–Kier alpha value is -3.15. The van der Waals surface area contributed by atoms with Gasteiger partial charge in [-0.25, -0.2) is 0 Å². The number of hydrogen-bond donors (Lipinski definition) is 1. The maximum Gasteiger partial charge on any atom is 0.225 e. The first-order valence-corrected chi connectivity index (χ1v) is 11.3. The molecule has 2 bridgehead atoms. The zero-order valence-electron chi connectivity index (χ0n) is 17.5. The zero-order valence-corrected chi connectivity index (χ0v) is 17.5. The molecular weight excluding hydrogens is 386 g/mol. The van der Waals surface area contributed by atoms with Crippen molar-refractivity contribution in [3.63, 3.8) is 0 Å². The minimum absolute atomic E-state index is 0.150.